The number of aromatic carboxylic acids is 1. The van der Waals surface area contributed by atoms with Gasteiger partial charge in [-0.2, -0.15) is 0 Å². The molecule has 1 N–H and O–H groups in total. The van der Waals surface area contributed by atoms with Crippen molar-refractivity contribution >= 4 is 23.5 Å². The maximum absolute atomic E-state index is 12.0. The Bertz CT molecular complexity index is 582. The van der Waals surface area contributed by atoms with Crippen LogP contribution in [-0.2, 0) is 9.59 Å². The molecule has 0 aliphatic rings. The van der Waals surface area contributed by atoms with E-state index in [1.165, 1.54) is 24.3 Å². The van der Waals surface area contributed by atoms with Crippen LogP contribution in [0.5, 0.6) is 0 Å². The van der Waals surface area contributed by atoms with Crippen molar-refractivity contribution in [3.05, 3.63) is 29.8 Å². The van der Waals surface area contributed by atoms with Crippen molar-refractivity contribution in [2.24, 2.45) is 11.8 Å². The van der Waals surface area contributed by atoms with Gasteiger partial charge in [-0.25, -0.2) is 0 Å². The minimum atomic E-state index is -1.27. The van der Waals surface area contributed by atoms with Crippen LogP contribution in [0.15, 0.2) is 24.3 Å². The summed E-state index contributed by atoms with van der Waals surface area (Å²) in [5, 5.41) is 24.6. The Morgan fingerprint density at radius 2 is 1.68 bits per heavy atom. The zero-order valence-electron chi connectivity index (χ0n) is 14.7. The molecule has 0 aliphatic heterocycles. The highest BCUT2D eigenvalue weighted by atomic mass is 16.4. The second-order valence-electron chi connectivity index (χ2n) is 6.35. The molecule has 0 bridgehead atoms. The Hall–Kier alpha value is -2.37. The molecule has 0 radical (unpaired) electrons. The summed E-state index contributed by atoms with van der Waals surface area (Å²) in [6.07, 6.45) is 4.07. The van der Waals surface area contributed by atoms with Crippen LogP contribution in [0, 0.1) is 11.8 Å². The molecule has 0 saturated carbocycles. The molecule has 0 aliphatic carbocycles. The fourth-order valence-corrected chi connectivity index (χ4v) is 2.72. The lowest BCUT2D eigenvalue weighted by molar-refractivity contribution is -0.313. The third-order valence-electron chi connectivity index (χ3n) is 4.34. The van der Waals surface area contributed by atoms with Crippen LogP contribution < -0.4 is 15.5 Å². The van der Waals surface area contributed by atoms with Crippen molar-refractivity contribution in [2.75, 3.05) is 5.32 Å². The summed E-state index contributed by atoms with van der Waals surface area (Å²) in [7, 11) is 0. The standard InChI is InChI=1S/C19H27NO5/c1-3-4-5-6-16(19(24)25)13(2)7-12-17(21)20-15-10-8-14(9-11-15)18(22)23/h8-11,13,16H,3-7,12H2,1-2H3,(H,20,21)(H,22,23)(H,24,25)/p-2/t13-,16+/m0/s1. The molecule has 0 fully saturated rings. The summed E-state index contributed by atoms with van der Waals surface area (Å²) in [6, 6.07) is 5.68. The molecule has 0 aromatic heterocycles. The maximum atomic E-state index is 12.0. The Morgan fingerprint density at radius 3 is 2.20 bits per heavy atom. The van der Waals surface area contributed by atoms with Gasteiger partial charge in [-0.05, 0) is 36.5 Å². The minimum Gasteiger partial charge on any atom is -0.550 e. The first-order valence-electron chi connectivity index (χ1n) is 8.67. The van der Waals surface area contributed by atoms with Crippen molar-refractivity contribution in [1.29, 1.82) is 0 Å². The van der Waals surface area contributed by atoms with Crippen LogP contribution in [-0.4, -0.2) is 17.8 Å². The van der Waals surface area contributed by atoms with Crippen molar-refractivity contribution < 1.29 is 24.6 Å². The van der Waals surface area contributed by atoms with Crippen LogP contribution in [0.3, 0.4) is 0 Å². The van der Waals surface area contributed by atoms with Crippen molar-refractivity contribution in [2.45, 2.75) is 52.4 Å². The predicted molar refractivity (Wildman–Crippen MR) is 90.4 cm³/mol. The van der Waals surface area contributed by atoms with E-state index in [1.807, 2.05) is 6.92 Å². The molecule has 6 nitrogen and oxygen atoms in total. The lowest BCUT2D eigenvalue weighted by atomic mass is 9.86. The molecule has 1 aromatic rings. The number of aliphatic carboxylic acids is 1. The fraction of sp³-hybridized carbons (Fsp3) is 0.526. The zero-order valence-corrected chi connectivity index (χ0v) is 14.7. The number of benzene rings is 1. The number of carboxylic acids is 2. The van der Waals surface area contributed by atoms with E-state index < -0.39 is 17.9 Å². The first-order chi connectivity index (χ1) is 11.8. The minimum absolute atomic E-state index is 0.0375. The second kappa shape index (κ2) is 10.5. The highest BCUT2D eigenvalue weighted by molar-refractivity contribution is 5.92. The van der Waals surface area contributed by atoms with Crippen molar-refractivity contribution in [1.82, 2.24) is 0 Å². The largest absolute Gasteiger partial charge is 0.550 e. The van der Waals surface area contributed by atoms with Gasteiger partial charge in [0.2, 0.25) is 5.91 Å². The lowest BCUT2D eigenvalue weighted by Crippen LogP contribution is -2.35. The van der Waals surface area contributed by atoms with E-state index in [1.54, 1.807) is 0 Å². The second-order valence-corrected chi connectivity index (χ2v) is 6.35. The maximum Gasteiger partial charge on any atom is 0.224 e. The average molecular weight is 347 g/mol. The molecule has 1 rings (SSSR count). The molecule has 0 spiro atoms. The van der Waals surface area contributed by atoms with Gasteiger partial charge in [-0.3, -0.25) is 4.79 Å². The first kappa shape index (κ1) is 20.7. The topological polar surface area (TPSA) is 109 Å². The van der Waals surface area contributed by atoms with Gasteiger partial charge in [-0.1, -0.05) is 45.2 Å². The Labute approximate surface area is 148 Å². The van der Waals surface area contributed by atoms with E-state index in [2.05, 4.69) is 12.2 Å². The summed E-state index contributed by atoms with van der Waals surface area (Å²) in [6.45, 7) is 3.88. The van der Waals surface area contributed by atoms with Crippen LogP contribution in [0.25, 0.3) is 0 Å². The van der Waals surface area contributed by atoms with Gasteiger partial charge in [0.1, 0.15) is 0 Å². The quantitative estimate of drug-likeness (QED) is 0.608. The van der Waals surface area contributed by atoms with Crippen molar-refractivity contribution in [3.63, 3.8) is 0 Å². The molecule has 6 heteroatoms. The van der Waals surface area contributed by atoms with Gasteiger partial charge in [-0.15, -0.1) is 0 Å². The average Bonchev–Trinajstić information content (AvgIpc) is 2.56. The molecule has 0 saturated heterocycles. The third-order valence-corrected chi connectivity index (χ3v) is 4.34. The third kappa shape index (κ3) is 7.37. The van der Waals surface area contributed by atoms with Gasteiger partial charge in [0.15, 0.2) is 0 Å². The van der Waals surface area contributed by atoms with E-state index in [9.17, 15) is 24.6 Å². The predicted octanol–water partition coefficient (Wildman–Crippen LogP) is 1.35. The fourth-order valence-electron chi connectivity index (χ4n) is 2.72. The number of carbonyl (C=O) groups is 3. The number of nitrogens with one attached hydrogen (secondary N) is 1. The highest BCUT2D eigenvalue weighted by Gasteiger charge is 2.19. The van der Waals surface area contributed by atoms with Gasteiger partial charge in [0.25, 0.3) is 0 Å². The molecule has 2 atom stereocenters. The Kier molecular flexibility index (Phi) is 8.67. The molecular weight excluding hydrogens is 322 g/mol. The van der Waals surface area contributed by atoms with E-state index >= 15 is 0 Å². The Morgan fingerprint density at radius 1 is 1.04 bits per heavy atom. The van der Waals surface area contributed by atoms with Crippen LogP contribution in [0.1, 0.15) is 62.7 Å². The molecule has 138 valence electrons. The number of anilines is 1. The van der Waals surface area contributed by atoms with Crippen LogP contribution >= 0.6 is 0 Å². The lowest BCUT2D eigenvalue weighted by Gasteiger charge is -2.24. The molecule has 1 amide bonds. The summed E-state index contributed by atoms with van der Waals surface area (Å²) in [4.78, 5) is 34.0. The number of amides is 1. The molecule has 1 aromatic carbocycles. The SMILES string of the molecule is CCCCC[C@@H](C(=O)[O-])[C@@H](C)CCC(=O)Nc1ccc(C(=O)[O-])cc1. The summed E-state index contributed by atoms with van der Waals surface area (Å²) < 4.78 is 0. The number of carboxylic acid groups (broad SMARTS) is 2. The molecule has 0 heterocycles. The molecular formula is C19H25NO5-2. The van der Waals surface area contributed by atoms with E-state index in [4.69, 9.17) is 0 Å². The normalized spacial score (nSPS) is 13.0. The number of rotatable bonds is 11. The summed E-state index contributed by atoms with van der Waals surface area (Å²) in [5.74, 6) is -3.25. The Balaban J connectivity index is 2.47. The van der Waals surface area contributed by atoms with Gasteiger partial charge in [0.05, 0.1) is 5.97 Å². The van der Waals surface area contributed by atoms with Crippen LogP contribution in [0.2, 0.25) is 0 Å². The first-order valence-corrected chi connectivity index (χ1v) is 8.67. The monoisotopic (exact) mass is 347 g/mol. The van der Waals surface area contributed by atoms with Crippen LogP contribution in [0.4, 0.5) is 5.69 Å². The number of carbonyl (C=O) groups excluding carboxylic acids is 3. The number of unbranched alkanes of at least 4 members (excludes halogenated alkanes) is 2. The summed E-state index contributed by atoms with van der Waals surface area (Å²) in [5.41, 5.74) is 0.526. The molecule has 25 heavy (non-hydrogen) atoms. The van der Waals surface area contributed by atoms with Crippen molar-refractivity contribution in [3.8, 4) is 0 Å². The van der Waals surface area contributed by atoms with E-state index in [-0.39, 0.29) is 23.8 Å². The smallest absolute Gasteiger partial charge is 0.224 e. The molecule has 0 unspecified atom stereocenters. The highest BCUT2D eigenvalue weighted by Crippen LogP contribution is 2.23. The zero-order chi connectivity index (χ0) is 18.8. The number of hydrogen-bond acceptors (Lipinski definition) is 5. The van der Waals surface area contributed by atoms with E-state index in [0.717, 1.165) is 19.3 Å². The van der Waals surface area contributed by atoms with Gasteiger partial charge in [0, 0.05) is 24.0 Å². The van der Waals surface area contributed by atoms with E-state index in [0.29, 0.717) is 18.5 Å². The van der Waals surface area contributed by atoms with Gasteiger partial charge < -0.3 is 25.1 Å². The van der Waals surface area contributed by atoms with Gasteiger partial charge >= 0.3 is 0 Å². The number of hydrogen-bond donors (Lipinski definition) is 1. The summed E-state index contributed by atoms with van der Waals surface area (Å²) >= 11 is 0.